The largest absolute Gasteiger partial charge is 0.496 e. The predicted octanol–water partition coefficient (Wildman–Crippen LogP) is 3.52. The zero-order chi connectivity index (χ0) is 18.4. The van der Waals surface area contributed by atoms with Crippen molar-refractivity contribution >= 4 is 17.5 Å². The molecule has 0 unspecified atom stereocenters. The lowest BCUT2D eigenvalue weighted by atomic mass is 10.1. The van der Waals surface area contributed by atoms with Gasteiger partial charge in [0.05, 0.1) is 31.8 Å². The van der Waals surface area contributed by atoms with Gasteiger partial charge in [-0.2, -0.15) is 0 Å². The molecule has 0 fully saturated rings. The molecular formula is C18H17NO6. The van der Waals surface area contributed by atoms with Crippen LogP contribution in [-0.4, -0.2) is 32.0 Å². The number of nitro benzene ring substituents is 1. The summed E-state index contributed by atoms with van der Waals surface area (Å²) in [6.07, 6.45) is 2.83. The summed E-state index contributed by atoms with van der Waals surface area (Å²) in [6, 6.07) is 9.08. The van der Waals surface area contributed by atoms with E-state index >= 15 is 0 Å². The fraction of sp³-hybridized carbons (Fsp3) is 0.167. The smallest absolute Gasteiger partial charge is 0.270 e. The molecule has 7 nitrogen and oxygen atoms in total. The molecule has 2 aromatic rings. The number of nitro groups is 1. The lowest BCUT2D eigenvalue weighted by molar-refractivity contribution is -0.384. The molecule has 0 amide bonds. The lowest BCUT2D eigenvalue weighted by Gasteiger charge is -2.12. The van der Waals surface area contributed by atoms with Crippen LogP contribution < -0.4 is 14.2 Å². The summed E-state index contributed by atoms with van der Waals surface area (Å²) < 4.78 is 15.6. The van der Waals surface area contributed by atoms with E-state index in [4.69, 9.17) is 14.2 Å². The normalized spacial score (nSPS) is 10.5. The highest BCUT2D eigenvalue weighted by Crippen LogP contribution is 2.35. The number of nitrogens with zero attached hydrogens (tertiary/aromatic N) is 1. The van der Waals surface area contributed by atoms with Gasteiger partial charge in [-0.3, -0.25) is 14.9 Å². The van der Waals surface area contributed by atoms with Gasteiger partial charge in [-0.1, -0.05) is 18.2 Å². The number of ketones is 1. The summed E-state index contributed by atoms with van der Waals surface area (Å²) in [6.45, 7) is 0. The minimum Gasteiger partial charge on any atom is -0.496 e. The fourth-order valence-electron chi connectivity index (χ4n) is 2.23. The van der Waals surface area contributed by atoms with Gasteiger partial charge in [0.25, 0.3) is 5.69 Å². The van der Waals surface area contributed by atoms with Crippen molar-refractivity contribution in [3.8, 4) is 17.2 Å². The maximum Gasteiger partial charge on any atom is 0.270 e. The van der Waals surface area contributed by atoms with Crippen molar-refractivity contribution in [2.24, 2.45) is 0 Å². The monoisotopic (exact) mass is 343 g/mol. The highest BCUT2D eigenvalue weighted by molar-refractivity contribution is 6.09. The first-order valence-corrected chi connectivity index (χ1v) is 7.27. The maximum atomic E-state index is 12.5. The fourth-order valence-corrected chi connectivity index (χ4v) is 2.23. The molecule has 0 heterocycles. The number of non-ortho nitro benzene ring substituents is 1. The molecular weight excluding hydrogens is 326 g/mol. The number of hydrogen-bond donors (Lipinski definition) is 0. The van der Waals surface area contributed by atoms with Crippen molar-refractivity contribution in [2.75, 3.05) is 21.3 Å². The molecule has 0 N–H and O–H groups in total. The van der Waals surface area contributed by atoms with E-state index in [0.29, 0.717) is 28.4 Å². The van der Waals surface area contributed by atoms with Crippen LogP contribution in [0, 0.1) is 10.1 Å². The van der Waals surface area contributed by atoms with Crippen LogP contribution in [0.2, 0.25) is 0 Å². The highest BCUT2D eigenvalue weighted by atomic mass is 16.6. The molecule has 0 radical (unpaired) electrons. The first-order valence-electron chi connectivity index (χ1n) is 7.27. The van der Waals surface area contributed by atoms with Crippen molar-refractivity contribution in [3.63, 3.8) is 0 Å². The van der Waals surface area contributed by atoms with Crippen LogP contribution in [0.3, 0.4) is 0 Å². The van der Waals surface area contributed by atoms with Gasteiger partial charge in [0.1, 0.15) is 5.75 Å². The first-order chi connectivity index (χ1) is 12.0. The quantitative estimate of drug-likeness (QED) is 0.331. The number of ether oxygens (including phenoxy) is 3. The van der Waals surface area contributed by atoms with Crippen LogP contribution in [0.1, 0.15) is 15.9 Å². The number of methoxy groups -OCH3 is 3. The summed E-state index contributed by atoms with van der Waals surface area (Å²) in [4.78, 5) is 22.8. The standard InChI is InChI=1S/C18H17NO6/c1-23-16-11-18(25-3)17(24-2)10-14(16)15(20)8-7-12-5-4-6-13(9-12)19(21)22/h4-11H,1-3H3/b8-7+. The van der Waals surface area contributed by atoms with Gasteiger partial charge in [-0.15, -0.1) is 0 Å². The summed E-state index contributed by atoms with van der Waals surface area (Å²) in [5, 5.41) is 10.8. The van der Waals surface area contributed by atoms with Gasteiger partial charge in [-0.05, 0) is 17.7 Å². The molecule has 7 heteroatoms. The van der Waals surface area contributed by atoms with Crippen LogP contribution >= 0.6 is 0 Å². The molecule has 0 spiro atoms. The van der Waals surface area contributed by atoms with E-state index < -0.39 is 4.92 Å². The Hall–Kier alpha value is -3.35. The maximum absolute atomic E-state index is 12.5. The molecule has 2 aromatic carbocycles. The molecule has 0 saturated heterocycles. The van der Waals surface area contributed by atoms with Gasteiger partial charge < -0.3 is 14.2 Å². The van der Waals surface area contributed by atoms with Crippen LogP contribution in [0.25, 0.3) is 6.08 Å². The summed E-state index contributed by atoms with van der Waals surface area (Å²) in [7, 11) is 4.40. The molecule has 130 valence electrons. The van der Waals surface area contributed by atoms with E-state index in [1.807, 2.05) is 0 Å². The third-order valence-electron chi connectivity index (χ3n) is 3.48. The number of rotatable bonds is 7. The number of benzene rings is 2. The van der Waals surface area contributed by atoms with Crippen LogP contribution in [-0.2, 0) is 0 Å². The molecule has 0 aliphatic carbocycles. The second-order valence-corrected chi connectivity index (χ2v) is 4.96. The minimum absolute atomic E-state index is 0.0432. The molecule has 0 aliphatic rings. The molecule has 0 saturated carbocycles. The SMILES string of the molecule is COc1cc(OC)c(C(=O)/C=C/c2cccc([N+](=O)[O-])c2)cc1OC. The number of allylic oxidation sites excluding steroid dienone is 1. The van der Waals surface area contributed by atoms with Gasteiger partial charge in [0.2, 0.25) is 0 Å². The first kappa shape index (κ1) is 18.0. The Morgan fingerprint density at radius 2 is 1.64 bits per heavy atom. The molecule has 2 rings (SSSR count). The zero-order valence-electron chi connectivity index (χ0n) is 14.0. The molecule has 0 bridgehead atoms. The number of carbonyl (C=O) groups excluding carboxylic acids is 1. The minimum atomic E-state index is -0.490. The van der Waals surface area contributed by atoms with Gasteiger partial charge in [-0.25, -0.2) is 0 Å². The van der Waals surface area contributed by atoms with Crippen molar-refractivity contribution in [1.29, 1.82) is 0 Å². The van der Waals surface area contributed by atoms with Crippen molar-refractivity contribution in [1.82, 2.24) is 0 Å². The topological polar surface area (TPSA) is 87.9 Å². The summed E-state index contributed by atoms with van der Waals surface area (Å²) in [5.41, 5.74) is 0.794. The lowest BCUT2D eigenvalue weighted by Crippen LogP contribution is -2.01. The second kappa shape index (κ2) is 7.96. The Balaban J connectivity index is 2.34. The molecule has 0 atom stereocenters. The van der Waals surface area contributed by atoms with E-state index in [1.54, 1.807) is 18.2 Å². The van der Waals surface area contributed by atoms with Gasteiger partial charge in [0, 0.05) is 18.2 Å². The van der Waals surface area contributed by atoms with E-state index in [1.165, 1.54) is 51.7 Å². The molecule has 25 heavy (non-hydrogen) atoms. The van der Waals surface area contributed by atoms with E-state index in [9.17, 15) is 14.9 Å². The van der Waals surface area contributed by atoms with E-state index in [0.717, 1.165) is 0 Å². The van der Waals surface area contributed by atoms with Crippen LogP contribution in [0.15, 0.2) is 42.5 Å². The zero-order valence-corrected chi connectivity index (χ0v) is 14.0. The summed E-state index contributed by atoms with van der Waals surface area (Å²) in [5.74, 6) is 0.851. The number of hydrogen-bond acceptors (Lipinski definition) is 6. The Morgan fingerprint density at radius 3 is 2.24 bits per heavy atom. The number of carbonyl (C=O) groups is 1. The summed E-state index contributed by atoms with van der Waals surface area (Å²) >= 11 is 0. The van der Waals surface area contributed by atoms with Gasteiger partial charge >= 0.3 is 0 Å². The average Bonchev–Trinajstić information content (AvgIpc) is 2.64. The molecule has 0 aliphatic heterocycles. The average molecular weight is 343 g/mol. The Morgan fingerprint density at radius 1 is 1.00 bits per heavy atom. The van der Waals surface area contributed by atoms with E-state index in [2.05, 4.69) is 0 Å². The van der Waals surface area contributed by atoms with Crippen LogP contribution in [0.5, 0.6) is 17.2 Å². The Bertz CT molecular complexity index is 828. The van der Waals surface area contributed by atoms with Crippen LogP contribution in [0.4, 0.5) is 5.69 Å². The Labute approximate surface area is 144 Å². The second-order valence-electron chi connectivity index (χ2n) is 4.96. The third-order valence-corrected chi connectivity index (χ3v) is 3.48. The highest BCUT2D eigenvalue weighted by Gasteiger charge is 2.16. The van der Waals surface area contributed by atoms with Crippen molar-refractivity contribution < 1.29 is 23.9 Å². The van der Waals surface area contributed by atoms with Crippen molar-refractivity contribution in [2.45, 2.75) is 0 Å². The predicted molar refractivity (Wildman–Crippen MR) is 92.6 cm³/mol. The Kier molecular flexibility index (Phi) is 5.73. The third kappa shape index (κ3) is 4.14. The van der Waals surface area contributed by atoms with Gasteiger partial charge in [0.15, 0.2) is 17.3 Å². The molecule has 0 aromatic heterocycles. The van der Waals surface area contributed by atoms with E-state index in [-0.39, 0.29) is 11.5 Å². The van der Waals surface area contributed by atoms with Crippen molar-refractivity contribution in [3.05, 3.63) is 63.7 Å².